The van der Waals surface area contributed by atoms with E-state index >= 15 is 0 Å². The van der Waals surface area contributed by atoms with E-state index in [4.69, 9.17) is 14.4 Å². The number of benzene rings is 7. The Balaban J connectivity index is 0.000000197. The molecule has 0 aliphatic rings. The third kappa shape index (κ3) is 9.09. The molecular formula is C59H55IrN3OSi-2. The summed E-state index contributed by atoms with van der Waals surface area (Å²) < 4.78 is 18.0. The van der Waals surface area contributed by atoms with Gasteiger partial charge in [0.15, 0.2) is 0 Å². The van der Waals surface area contributed by atoms with Gasteiger partial charge in [0, 0.05) is 44.6 Å². The smallest absolute Gasteiger partial charge is 0.120 e. The zero-order valence-corrected chi connectivity index (χ0v) is 41.8. The molecule has 10 rings (SSSR count). The van der Waals surface area contributed by atoms with E-state index in [0.717, 1.165) is 66.7 Å². The zero-order chi connectivity index (χ0) is 45.5. The maximum atomic E-state index is 9.17. The number of hydrogen-bond acceptors (Lipinski definition) is 3. The van der Waals surface area contributed by atoms with E-state index in [9.17, 15) is 1.37 Å². The normalized spacial score (nSPS) is 12.8. The van der Waals surface area contributed by atoms with Crippen LogP contribution in [0.4, 0.5) is 0 Å². The van der Waals surface area contributed by atoms with E-state index in [1.54, 1.807) is 0 Å². The largest absolute Gasteiger partial charge is 0.501 e. The van der Waals surface area contributed by atoms with Gasteiger partial charge in [-0.15, -0.1) is 54.1 Å². The summed E-state index contributed by atoms with van der Waals surface area (Å²) in [6.45, 7) is 18.0. The molecule has 0 aliphatic heterocycles. The van der Waals surface area contributed by atoms with Gasteiger partial charge in [0.2, 0.25) is 0 Å². The van der Waals surface area contributed by atoms with Gasteiger partial charge >= 0.3 is 0 Å². The van der Waals surface area contributed by atoms with Gasteiger partial charge in [-0.3, -0.25) is 4.98 Å². The first kappa shape index (κ1) is 44.0. The number of imidazole rings is 1. The van der Waals surface area contributed by atoms with Gasteiger partial charge in [-0.05, 0) is 86.4 Å². The fourth-order valence-corrected chi connectivity index (χ4v) is 10.3. The van der Waals surface area contributed by atoms with Crippen molar-refractivity contribution in [3.63, 3.8) is 0 Å². The Bertz CT molecular complexity index is 3250. The van der Waals surface area contributed by atoms with Crippen LogP contribution in [0.25, 0.3) is 72.4 Å². The molecule has 6 heteroatoms. The number of para-hydroxylation sites is 3. The summed E-state index contributed by atoms with van der Waals surface area (Å²) >= 11 is 0. The van der Waals surface area contributed by atoms with Gasteiger partial charge < -0.3 is 14.0 Å². The van der Waals surface area contributed by atoms with E-state index in [0.29, 0.717) is 11.8 Å². The Morgan fingerprint density at radius 2 is 1.28 bits per heavy atom. The first-order valence-electron chi connectivity index (χ1n) is 22.9. The van der Waals surface area contributed by atoms with Crippen LogP contribution in [-0.4, -0.2) is 22.6 Å². The van der Waals surface area contributed by atoms with Gasteiger partial charge in [0.25, 0.3) is 0 Å². The van der Waals surface area contributed by atoms with Crippen LogP contribution in [-0.2, 0) is 20.1 Å². The van der Waals surface area contributed by atoms with Crippen molar-refractivity contribution >= 4 is 46.2 Å². The Morgan fingerprint density at radius 1 is 0.631 bits per heavy atom. The Hall–Kier alpha value is -6.17. The standard InChI is InChI=1S/C37H31N2O.C22H24NSi.Ir/c1-23(2)30-21-26(25-13-6-5-7-14-25)22-31(24(3)4)35(30)39-33-19-10-9-18-32(33)38-37(39)29-17-12-16-28-27-15-8-11-20-34(27)40-36(28)29;1-17(18-11-7-5-8-12-18)20-15-21(19-13-9-6-10-14-19)23-16-22(20)24(2,3)4;/h5-16,18-24H,1-4H3;5-13,15-17H,1-4H3;/q2*-1;/i;17D;. The summed E-state index contributed by atoms with van der Waals surface area (Å²) in [6.07, 6.45) is 1.99. The average Bonchev–Trinajstić information content (AvgIpc) is 3.90. The molecule has 0 bridgehead atoms. The first-order chi connectivity index (χ1) is 31.3. The summed E-state index contributed by atoms with van der Waals surface area (Å²) in [5.74, 6) is 0.637. The SMILES string of the molecule is CC(C)c1cc(-c2ccccc2)cc(C(C)C)c1-n1c(-c2[c-]ccc3c2oc2ccccc23)nc2ccccc21.[2H]C(C)(c1ccccc1)c1cc(-c2[c-]cccc2)ncc1[Si](C)(C)C.[Ir]. The molecular weight excluding hydrogens is 987 g/mol. The number of fused-ring (bicyclic) bond motifs is 4. The summed E-state index contributed by atoms with van der Waals surface area (Å²) in [5.41, 5.74) is 14.8. The Labute approximate surface area is 400 Å². The summed E-state index contributed by atoms with van der Waals surface area (Å²) in [6, 6.07) is 62.9. The van der Waals surface area contributed by atoms with Crippen LogP contribution in [0.5, 0.6) is 0 Å². The van der Waals surface area contributed by atoms with Gasteiger partial charge in [-0.25, -0.2) is 0 Å². The summed E-state index contributed by atoms with van der Waals surface area (Å²) in [7, 11) is -1.64. The van der Waals surface area contributed by atoms with Crippen molar-refractivity contribution in [3.05, 3.63) is 204 Å². The van der Waals surface area contributed by atoms with Crippen molar-refractivity contribution in [1.82, 2.24) is 14.5 Å². The minimum absolute atomic E-state index is 0. The van der Waals surface area contributed by atoms with Crippen LogP contribution in [0, 0.1) is 12.1 Å². The first-order valence-corrected chi connectivity index (χ1v) is 25.9. The molecule has 0 aliphatic carbocycles. The van der Waals surface area contributed by atoms with Crippen molar-refractivity contribution in [2.24, 2.45) is 0 Å². The second-order valence-electron chi connectivity index (χ2n) is 18.3. The van der Waals surface area contributed by atoms with Crippen LogP contribution in [0.2, 0.25) is 19.6 Å². The molecule has 1 radical (unpaired) electrons. The number of rotatable bonds is 9. The monoisotopic (exact) mass is 1040 g/mol. The van der Waals surface area contributed by atoms with E-state index in [1.807, 2.05) is 85.9 Å². The topological polar surface area (TPSA) is 43.9 Å². The number of furan rings is 1. The minimum Gasteiger partial charge on any atom is -0.501 e. The maximum Gasteiger partial charge on any atom is 0.120 e. The number of hydrogen-bond donors (Lipinski definition) is 0. The zero-order valence-electron chi connectivity index (χ0n) is 39.4. The van der Waals surface area contributed by atoms with Crippen molar-refractivity contribution in [1.29, 1.82) is 0 Å². The molecule has 1 unspecified atom stereocenters. The predicted molar refractivity (Wildman–Crippen MR) is 272 cm³/mol. The Morgan fingerprint density at radius 3 is 1.95 bits per heavy atom. The molecule has 0 saturated carbocycles. The second kappa shape index (κ2) is 19.1. The maximum absolute atomic E-state index is 9.17. The molecule has 3 heterocycles. The van der Waals surface area contributed by atoms with Crippen LogP contribution < -0.4 is 5.19 Å². The average molecular weight is 1040 g/mol. The fourth-order valence-electron chi connectivity index (χ4n) is 8.80. The van der Waals surface area contributed by atoms with Crippen LogP contribution in [0.1, 0.15) is 76.0 Å². The molecule has 0 amide bonds. The van der Waals surface area contributed by atoms with Crippen LogP contribution in [0.15, 0.2) is 174 Å². The molecule has 10 aromatic rings. The molecule has 3 aromatic heterocycles. The van der Waals surface area contributed by atoms with Crippen LogP contribution >= 0.6 is 0 Å². The minimum atomic E-state index is -1.64. The molecule has 0 fully saturated rings. The fraction of sp³-hybridized carbons (Fsp3) is 0.186. The van der Waals surface area contributed by atoms with E-state index in [1.165, 1.54) is 33.1 Å². The summed E-state index contributed by atoms with van der Waals surface area (Å²) in [4.78, 5) is 9.94. The number of nitrogens with zero attached hydrogens (tertiary/aromatic N) is 3. The molecule has 0 N–H and O–H groups in total. The molecule has 4 nitrogen and oxygen atoms in total. The molecule has 327 valence electrons. The number of pyridine rings is 1. The molecule has 0 spiro atoms. The number of aromatic nitrogens is 3. The van der Waals surface area contributed by atoms with Crippen molar-refractivity contribution in [2.45, 2.75) is 72.0 Å². The third-order valence-electron chi connectivity index (χ3n) is 12.2. The second-order valence-corrected chi connectivity index (χ2v) is 23.3. The Kier molecular flexibility index (Phi) is 13.0. The van der Waals surface area contributed by atoms with Gasteiger partial charge in [0.1, 0.15) is 5.58 Å². The van der Waals surface area contributed by atoms with E-state index in [-0.39, 0.29) is 20.1 Å². The van der Waals surface area contributed by atoms with Gasteiger partial charge in [-0.1, -0.05) is 162 Å². The van der Waals surface area contributed by atoms with Gasteiger partial charge in [0.05, 0.1) is 30.5 Å². The molecule has 1 atom stereocenters. The molecule has 0 saturated heterocycles. The van der Waals surface area contributed by atoms with Crippen molar-refractivity contribution in [2.75, 3.05) is 0 Å². The van der Waals surface area contributed by atoms with Gasteiger partial charge in [-0.2, -0.15) is 0 Å². The predicted octanol–water partition coefficient (Wildman–Crippen LogP) is 15.5. The van der Waals surface area contributed by atoms with Crippen molar-refractivity contribution < 1.29 is 25.9 Å². The quantitative estimate of drug-likeness (QED) is 0.107. The van der Waals surface area contributed by atoms with Crippen LogP contribution in [0.3, 0.4) is 0 Å². The third-order valence-corrected chi connectivity index (χ3v) is 14.2. The molecule has 65 heavy (non-hydrogen) atoms. The van der Waals surface area contributed by atoms with E-state index in [2.05, 4.69) is 155 Å². The molecule has 7 aromatic carbocycles. The van der Waals surface area contributed by atoms with Crippen molar-refractivity contribution in [3.8, 4) is 39.5 Å². The summed E-state index contributed by atoms with van der Waals surface area (Å²) in [5, 5.41) is 3.43. The van der Waals surface area contributed by atoms with E-state index < -0.39 is 14.0 Å².